The van der Waals surface area contributed by atoms with Crippen molar-refractivity contribution in [2.45, 2.75) is 61.9 Å². The van der Waals surface area contributed by atoms with Crippen molar-refractivity contribution >= 4 is 35.1 Å². The molecule has 215 valence electrons. The molecular formula is C38H41Cl2SiZr. The maximum absolute atomic E-state index is 8.44. The van der Waals surface area contributed by atoms with E-state index in [9.17, 15) is 0 Å². The van der Waals surface area contributed by atoms with E-state index in [-0.39, 0.29) is 7.25 Å². The second kappa shape index (κ2) is 10.6. The summed E-state index contributed by atoms with van der Waals surface area (Å²) in [6.07, 6.45) is 4.81. The molecule has 0 N–H and O–H groups in total. The van der Waals surface area contributed by atoms with Crippen LogP contribution in [0.3, 0.4) is 0 Å². The zero-order valence-corrected chi connectivity index (χ0v) is 31.2. The number of aryl methyl sites for hydroxylation is 4. The summed E-state index contributed by atoms with van der Waals surface area (Å²) >= 11 is -4.69. The average molecular weight is 688 g/mol. The predicted molar refractivity (Wildman–Crippen MR) is 186 cm³/mol. The van der Waals surface area contributed by atoms with Gasteiger partial charge in [-0.2, -0.15) is 0 Å². The van der Waals surface area contributed by atoms with Crippen LogP contribution in [0.15, 0.2) is 83.9 Å². The van der Waals surface area contributed by atoms with Crippen molar-refractivity contribution in [3.05, 3.63) is 128 Å². The van der Waals surface area contributed by atoms with Gasteiger partial charge in [0.1, 0.15) is 0 Å². The third kappa shape index (κ3) is 4.64. The summed E-state index contributed by atoms with van der Waals surface area (Å²) in [6.45, 7) is 18.1. The summed E-state index contributed by atoms with van der Waals surface area (Å²) < 4.78 is 0.206. The molecule has 42 heavy (non-hydrogen) atoms. The first-order valence-electron chi connectivity index (χ1n) is 15.2. The van der Waals surface area contributed by atoms with Crippen molar-refractivity contribution in [2.24, 2.45) is 0 Å². The number of hydrogen-bond acceptors (Lipinski definition) is 0. The summed E-state index contributed by atoms with van der Waals surface area (Å²) in [5, 5.41) is 0. The zero-order valence-electron chi connectivity index (χ0n) is 26.1. The topological polar surface area (TPSA) is 0 Å². The van der Waals surface area contributed by atoms with Gasteiger partial charge in [0.2, 0.25) is 0 Å². The Labute approximate surface area is 261 Å². The van der Waals surface area contributed by atoms with Gasteiger partial charge in [0.15, 0.2) is 0 Å². The van der Waals surface area contributed by atoms with E-state index in [4.69, 9.17) is 17.0 Å². The van der Waals surface area contributed by atoms with Gasteiger partial charge in [-0.25, -0.2) is 0 Å². The Morgan fingerprint density at radius 3 is 1.24 bits per heavy atom. The quantitative estimate of drug-likeness (QED) is 0.183. The van der Waals surface area contributed by atoms with Crippen LogP contribution in [0.25, 0.3) is 34.4 Å². The van der Waals surface area contributed by atoms with Gasteiger partial charge in [-0.1, -0.05) is 0 Å². The van der Waals surface area contributed by atoms with Gasteiger partial charge in [0, 0.05) is 0 Å². The molecule has 0 bridgehead atoms. The average Bonchev–Trinajstić information content (AvgIpc) is 3.43. The Hall–Kier alpha value is -1.96. The first-order valence-corrected chi connectivity index (χ1v) is 31.5. The van der Waals surface area contributed by atoms with E-state index in [1.54, 1.807) is 0 Å². The SMILES string of the molecule is CC1=Cc2c(-c3cc(C)cc(C)c3)cccc2[CH]1[Zr]([Cl])([Cl])([CH]1C(C)=Cc2c(-c3cc(C)cc(C)c3)cccc21)[SiH](C)C. The van der Waals surface area contributed by atoms with Crippen molar-refractivity contribution in [3.8, 4) is 22.3 Å². The number of hydrogen-bond donors (Lipinski definition) is 0. The second-order valence-corrected chi connectivity index (χ2v) is 55.9. The Morgan fingerprint density at radius 2 is 0.905 bits per heavy atom. The Balaban J connectivity index is 1.55. The molecule has 0 amide bonds. The van der Waals surface area contributed by atoms with Gasteiger partial charge in [-0.15, -0.1) is 0 Å². The number of rotatable bonds is 5. The van der Waals surface area contributed by atoms with Crippen molar-refractivity contribution in [1.82, 2.24) is 0 Å². The molecule has 2 unspecified atom stereocenters. The molecule has 0 aromatic heterocycles. The van der Waals surface area contributed by atoms with E-state index in [0.717, 1.165) is 0 Å². The minimum absolute atomic E-state index is 0.103. The summed E-state index contributed by atoms with van der Waals surface area (Å²) in [5.41, 5.74) is 18.2. The molecule has 2 atom stereocenters. The fraction of sp³-hybridized carbons (Fsp3) is 0.263. The van der Waals surface area contributed by atoms with Crippen LogP contribution in [0.4, 0.5) is 0 Å². The second-order valence-electron chi connectivity index (χ2n) is 13.4. The molecule has 4 heteroatoms. The van der Waals surface area contributed by atoms with Crippen LogP contribution in [0.5, 0.6) is 0 Å². The van der Waals surface area contributed by atoms with Gasteiger partial charge in [-0.3, -0.25) is 0 Å². The van der Waals surface area contributed by atoms with Crippen molar-refractivity contribution in [2.75, 3.05) is 0 Å². The van der Waals surface area contributed by atoms with E-state index in [2.05, 4.69) is 140 Å². The van der Waals surface area contributed by atoms with E-state index < -0.39 is 21.5 Å². The molecule has 0 saturated carbocycles. The standard InChI is InChI=1S/2C18H17.C2H7Si.2ClH.Zr/c2*1-12-7-13(2)10-16(9-12)17-6-4-5-15-8-14(3)11-18(15)17;1-3-2;;;/h2*4-11H,1-3H3;3H,1-2H3;2*1H;/q;;;;;+2/p-2. The molecule has 0 nitrogen and oxygen atoms in total. The zero-order chi connectivity index (χ0) is 30.2. The van der Waals surface area contributed by atoms with Crippen LogP contribution in [-0.2, 0) is 15.6 Å². The Bertz CT molecular complexity index is 1660. The minimum atomic E-state index is -4.69. The van der Waals surface area contributed by atoms with Crippen LogP contribution in [0, 0.1) is 27.7 Å². The summed E-state index contributed by atoms with van der Waals surface area (Å²) in [7, 11) is 16.9. The number of benzene rings is 4. The van der Waals surface area contributed by atoms with Crippen molar-refractivity contribution in [1.29, 1.82) is 0 Å². The number of allylic oxidation sites excluding steroid dienone is 2. The van der Waals surface area contributed by atoms with Crippen molar-refractivity contribution < 1.29 is 15.6 Å². The van der Waals surface area contributed by atoms with E-state index in [1.165, 1.54) is 77.9 Å². The summed E-state index contributed by atoms with van der Waals surface area (Å²) in [4.78, 5) is 0. The molecule has 0 aliphatic heterocycles. The fourth-order valence-corrected chi connectivity index (χ4v) is 41.1. The normalized spacial score (nSPS) is 18.8. The van der Waals surface area contributed by atoms with Crippen LogP contribution >= 0.6 is 17.0 Å². The Kier molecular flexibility index (Phi) is 7.58. The van der Waals surface area contributed by atoms with Crippen molar-refractivity contribution in [3.63, 3.8) is 0 Å². The molecule has 0 fully saturated rings. The molecular weight excluding hydrogens is 647 g/mol. The molecule has 2 aliphatic rings. The van der Waals surface area contributed by atoms with Crippen LogP contribution in [-0.4, -0.2) is 5.92 Å². The molecule has 0 radical (unpaired) electrons. The van der Waals surface area contributed by atoms with Crippen LogP contribution < -0.4 is 0 Å². The molecule has 0 heterocycles. The molecule has 4 aromatic rings. The van der Waals surface area contributed by atoms with Gasteiger partial charge >= 0.3 is 263 Å². The van der Waals surface area contributed by atoms with E-state index in [0.29, 0.717) is 0 Å². The predicted octanol–water partition coefficient (Wildman–Crippen LogP) is 11.9. The third-order valence-corrected chi connectivity index (χ3v) is 62.1. The van der Waals surface area contributed by atoms with E-state index >= 15 is 0 Å². The number of fused-ring (bicyclic) bond motifs is 2. The van der Waals surface area contributed by atoms with Crippen LogP contribution in [0.2, 0.25) is 13.1 Å². The van der Waals surface area contributed by atoms with Gasteiger partial charge in [-0.05, 0) is 0 Å². The van der Waals surface area contributed by atoms with Gasteiger partial charge in [0.05, 0.1) is 0 Å². The third-order valence-electron chi connectivity index (χ3n) is 9.83. The van der Waals surface area contributed by atoms with Gasteiger partial charge < -0.3 is 0 Å². The molecule has 0 saturated heterocycles. The molecule has 2 aliphatic carbocycles. The van der Waals surface area contributed by atoms with E-state index in [1.807, 2.05) is 0 Å². The fourth-order valence-electron chi connectivity index (χ4n) is 8.17. The Morgan fingerprint density at radius 1 is 0.548 bits per heavy atom. The number of halogens is 2. The summed E-state index contributed by atoms with van der Waals surface area (Å²) in [6, 6.07) is 27.3. The monoisotopic (exact) mass is 685 g/mol. The van der Waals surface area contributed by atoms with Crippen LogP contribution in [0.1, 0.15) is 65.6 Å². The maximum atomic E-state index is 8.44. The first-order chi connectivity index (χ1) is 19.8. The molecule has 0 spiro atoms. The first kappa shape index (κ1) is 30.1. The molecule has 4 aromatic carbocycles. The molecule has 6 rings (SSSR count). The summed E-state index contributed by atoms with van der Waals surface area (Å²) in [5.74, 6) is -1.57. The van der Waals surface area contributed by atoms with Gasteiger partial charge in [0.25, 0.3) is 0 Å².